The van der Waals surface area contributed by atoms with E-state index in [0.717, 1.165) is 12.1 Å². The maximum absolute atomic E-state index is 12.3. The van der Waals surface area contributed by atoms with Gasteiger partial charge in [-0.1, -0.05) is 45.9 Å². The molecule has 3 heteroatoms. The lowest BCUT2D eigenvalue weighted by atomic mass is 9.83. The summed E-state index contributed by atoms with van der Waals surface area (Å²) in [6.07, 6.45) is 5.12. The zero-order valence-corrected chi connectivity index (χ0v) is 13.3. The molecule has 2 rings (SSSR count). The molecule has 0 saturated heterocycles. The second-order valence-electron chi connectivity index (χ2n) is 7.01. The average molecular weight is 284 g/mol. The van der Waals surface area contributed by atoms with Crippen LogP contribution in [0.25, 0.3) is 5.69 Å². The summed E-state index contributed by atoms with van der Waals surface area (Å²) in [6, 6.07) is 9.84. The Kier molecular flexibility index (Phi) is 4.61. The van der Waals surface area contributed by atoms with E-state index >= 15 is 0 Å². The molecule has 0 amide bonds. The van der Waals surface area contributed by atoms with Crippen molar-refractivity contribution in [3.63, 3.8) is 0 Å². The number of carbonyl (C=O) groups is 1. The first-order valence-electron chi connectivity index (χ1n) is 7.48. The van der Waals surface area contributed by atoms with Crippen LogP contribution in [0.2, 0.25) is 0 Å². The summed E-state index contributed by atoms with van der Waals surface area (Å²) >= 11 is 0. The number of rotatable bonds is 5. The van der Waals surface area contributed by atoms with Gasteiger partial charge in [0.15, 0.2) is 5.78 Å². The molecule has 0 bridgehead atoms. The van der Waals surface area contributed by atoms with Crippen LogP contribution in [0.1, 0.15) is 50.9 Å². The van der Waals surface area contributed by atoms with E-state index < -0.39 is 0 Å². The highest BCUT2D eigenvalue weighted by Crippen LogP contribution is 2.26. The molecule has 1 heterocycles. The molecule has 21 heavy (non-hydrogen) atoms. The number of aromatic nitrogens is 2. The molecule has 0 aliphatic carbocycles. The molecule has 1 aromatic heterocycles. The van der Waals surface area contributed by atoms with E-state index in [9.17, 15) is 4.79 Å². The third-order valence-corrected chi connectivity index (χ3v) is 3.42. The van der Waals surface area contributed by atoms with Gasteiger partial charge in [-0.25, -0.2) is 4.68 Å². The van der Waals surface area contributed by atoms with Crippen LogP contribution in [0.15, 0.2) is 42.7 Å². The monoisotopic (exact) mass is 284 g/mol. The Morgan fingerprint density at radius 3 is 2.52 bits per heavy atom. The molecular formula is C18H24N2O. The minimum Gasteiger partial charge on any atom is -0.294 e. The fourth-order valence-corrected chi connectivity index (χ4v) is 2.74. The maximum atomic E-state index is 12.3. The summed E-state index contributed by atoms with van der Waals surface area (Å²) < 4.78 is 1.75. The topological polar surface area (TPSA) is 34.9 Å². The van der Waals surface area contributed by atoms with Crippen LogP contribution in [0.5, 0.6) is 0 Å². The Bertz CT molecular complexity index is 593. The fourth-order valence-electron chi connectivity index (χ4n) is 2.74. The molecule has 112 valence electrons. The van der Waals surface area contributed by atoms with Crippen molar-refractivity contribution in [3.05, 3.63) is 48.3 Å². The van der Waals surface area contributed by atoms with Crippen LogP contribution < -0.4 is 0 Å². The van der Waals surface area contributed by atoms with Gasteiger partial charge in [0.25, 0.3) is 0 Å². The Morgan fingerprint density at radius 2 is 1.90 bits per heavy atom. The lowest BCUT2D eigenvalue weighted by Gasteiger charge is -2.22. The Morgan fingerprint density at radius 1 is 1.24 bits per heavy atom. The summed E-state index contributed by atoms with van der Waals surface area (Å²) in [4.78, 5) is 12.3. The third-order valence-electron chi connectivity index (χ3n) is 3.42. The number of carbonyl (C=O) groups excluding carboxylic acids is 1. The van der Waals surface area contributed by atoms with E-state index in [2.05, 4.69) is 32.8 Å². The van der Waals surface area contributed by atoms with Crippen molar-refractivity contribution in [2.24, 2.45) is 11.3 Å². The Hall–Kier alpha value is -1.90. The van der Waals surface area contributed by atoms with E-state index in [4.69, 9.17) is 0 Å². The van der Waals surface area contributed by atoms with Crippen molar-refractivity contribution >= 4 is 5.78 Å². The van der Waals surface area contributed by atoms with Crippen LogP contribution in [0, 0.1) is 11.3 Å². The molecule has 0 spiro atoms. The standard InChI is InChI=1S/C18H24N2O/c1-14(11-18(2,3)4)10-17(21)15-12-19-20(13-15)16-8-6-5-7-9-16/h5-9,12-14H,10-11H2,1-4H3. The molecule has 1 unspecified atom stereocenters. The number of hydrogen-bond acceptors (Lipinski definition) is 2. The van der Waals surface area contributed by atoms with E-state index in [1.807, 2.05) is 36.5 Å². The summed E-state index contributed by atoms with van der Waals surface area (Å²) in [5.74, 6) is 0.562. The normalized spacial score (nSPS) is 13.1. The van der Waals surface area contributed by atoms with Gasteiger partial charge >= 0.3 is 0 Å². The molecule has 0 fully saturated rings. The van der Waals surface area contributed by atoms with Gasteiger partial charge in [0.05, 0.1) is 17.4 Å². The predicted octanol–water partition coefficient (Wildman–Crippen LogP) is 4.52. The highest BCUT2D eigenvalue weighted by Gasteiger charge is 2.19. The highest BCUT2D eigenvalue weighted by atomic mass is 16.1. The number of Topliss-reactive ketones (excluding diaryl/α,β-unsaturated/α-hetero) is 1. The van der Waals surface area contributed by atoms with Crippen molar-refractivity contribution in [1.29, 1.82) is 0 Å². The van der Waals surface area contributed by atoms with Gasteiger partial charge in [-0.3, -0.25) is 4.79 Å². The molecule has 0 aliphatic heterocycles. The lowest BCUT2D eigenvalue weighted by Crippen LogP contribution is -2.14. The molecule has 1 atom stereocenters. The molecular weight excluding hydrogens is 260 g/mol. The van der Waals surface area contributed by atoms with Gasteiger partial charge in [-0.15, -0.1) is 0 Å². The second-order valence-corrected chi connectivity index (χ2v) is 7.01. The zero-order chi connectivity index (χ0) is 15.5. The second kappa shape index (κ2) is 6.25. The third kappa shape index (κ3) is 4.55. The first-order chi connectivity index (χ1) is 9.85. The zero-order valence-electron chi connectivity index (χ0n) is 13.3. The first kappa shape index (κ1) is 15.5. The lowest BCUT2D eigenvalue weighted by molar-refractivity contribution is 0.0954. The van der Waals surface area contributed by atoms with Gasteiger partial charge < -0.3 is 0 Å². The van der Waals surface area contributed by atoms with Gasteiger partial charge in [-0.05, 0) is 29.9 Å². The average Bonchev–Trinajstić information content (AvgIpc) is 2.87. The van der Waals surface area contributed by atoms with Crippen LogP contribution in [0.4, 0.5) is 0 Å². The summed E-state index contributed by atoms with van der Waals surface area (Å²) in [5, 5.41) is 4.29. The molecule has 0 radical (unpaired) electrons. The van der Waals surface area contributed by atoms with E-state index in [0.29, 0.717) is 17.9 Å². The van der Waals surface area contributed by atoms with Crippen LogP contribution >= 0.6 is 0 Å². The first-order valence-corrected chi connectivity index (χ1v) is 7.48. The number of ketones is 1. The summed E-state index contributed by atoms with van der Waals surface area (Å²) in [7, 11) is 0. The van der Waals surface area contributed by atoms with Crippen LogP contribution in [-0.4, -0.2) is 15.6 Å². The van der Waals surface area contributed by atoms with Crippen LogP contribution in [-0.2, 0) is 0 Å². The number of benzene rings is 1. The summed E-state index contributed by atoms with van der Waals surface area (Å²) in [5.41, 5.74) is 1.92. The van der Waals surface area contributed by atoms with Crippen molar-refractivity contribution in [2.75, 3.05) is 0 Å². The molecule has 0 saturated carbocycles. The van der Waals surface area contributed by atoms with E-state index in [1.54, 1.807) is 10.9 Å². The molecule has 2 aromatic rings. The maximum Gasteiger partial charge on any atom is 0.166 e. The van der Waals surface area contributed by atoms with Crippen molar-refractivity contribution in [2.45, 2.75) is 40.5 Å². The van der Waals surface area contributed by atoms with Gasteiger partial charge in [0.2, 0.25) is 0 Å². The van der Waals surface area contributed by atoms with E-state index in [1.165, 1.54) is 0 Å². The highest BCUT2D eigenvalue weighted by molar-refractivity contribution is 5.95. The Labute approximate surface area is 127 Å². The quantitative estimate of drug-likeness (QED) is 0.757. The Balaban J connectivity index is 2.03. The van der Waals surface area contributed by atoms with Crippen molar-refractivity contribution in [1.82, 2.24) is 9.78 Å². The van der Waals surface area contributed by atoms with Crippen LogP contribution in [0.3, 0.4) is 0 Å². The molecule has 1 aromatic carbocycles. The van der Waals surface area contributed by atoms with Crippen molar-refractivity contribution < 1.29 is 4.79 Å². The van der Waals surface area contributed by atoms with Crippen molar-refractivity contribution in [3.8, 4) is 5.69 Å². The SMILES string of the molecule is CC(CC(=O)c1cnn(-c2ccccc2)c1)CC(C)(C)C. The summed E-state index contributed by atoms with van der Waals surface area (Å²) in [6.45, 7) is 8.77. The molecule has 3 nitrogen and oxygen atoms in total. The minimum absolute atomic E-state index is 0.175. The smallest absolute Gasteiger partial charge is 0.166 e. The predicted molar refractivity (Wildman–Crippen MR) is 85.7 cm³/mol. The number of nitrogens with zero attached hydrogens (tertiary/aromatic N) is 2. The number of hydrogen-bond donors (Lipinski definition) is 0. The minimum atomic E-state index is 0.175. The van der Waals surface area contributed by atoms with E-state index in [-0.39, 0.29) is 11.2 Å². The molecule has 0 N–H and O–H groups in total. The largest absolute Gasteiger partial charge is 0.294 e. The fraction of sp³-hybridized carbons (Fsp3) is 0.444. The van der Waals surface area contributed by atoms with Gasteiger partial charge in [-0.2, -0.15) is 5.10 Å². The molecule has 0 aliphatic rings. The number of para-hydroxylation sites is 1. The van der Waals surface area contributed by atoms with Gasteiger partial charge in [0, 0.05) is 12.6 Å². The van der Waals surface area contributed by atoms with Gasteiger partial charge in [0.1, 0.15) is 0 Å².